The normalized spacial score (nSPS) is 16.0. The van der Waals surface area contributed by atoms with Crippen LogP contribution in [0.4, 0.5) is 5.00 Å². The summed E-state index contributed by atoms with van der Waals surface area (Å²) in [6, 6.07) is 9.33. The molecule has 0 aliphatic heterocycles. The van der Waals surface area contributed by atoms with Crippen LogP contribution >= 0.6 is 11.3 Å². The number of hydrogen-bond acceptors (Lipinski definition) is 4. The van der Waals surface area contributed by atoms with Crippen LogP contribution in [-0.2, 0) is 12.8 Å². The molecule has 1 aliphatic carbocycles. The first-order valence-electron chi connectivity index (χ1n) is 8.66. The van der Waals surface area contributed by atoms with Crippen LogP contribution in [0, 0.1) is 17.2 Å². The number of methoxy groups -OCH3 is 1. The van der Waals surface area contributed by atoms with E-state index in [2.05, 4.69) is 18.3 Å². The Hall–Kier alpha value is -2.32. The number of fused-ring (bicyclic) bond motifs is 1. The quantitative estimate of drug-likeness (QED) is 0.840. The molecule has 0 saturated carbocycles. The Morgan fingerprint density at radius 2 is 2.32 bits per heavy atom. The number of nitrogens with zero attached hydrogens (tertiary/aromatic N) is 1. The second-order valence-corrected chi connectivity index (χ2v) is 7.51. The van der Waals surface area contributed by atoms with Gasteiger partial charge in [-0.15, -0.1) is 11.3 Å². The number of carbonyl (C=O) groups is 1. The fourth-order valence-corrected chi connectivity index (χ4v) is 4.76. The summed E-state index contributed by atoms with van der Waals surface area (Å²) in [7, 11) is 1.57. The van der Waals surface area contributed by atoms with Gasteiger partial charge in [-0.3, -0.25) is 4.79 Å². The number of carbonyl (C=O) groups excluding carboxylic acids is 1. The Morgan fingerprint density at radius 3 is 3.04 bits per heavy atom. The lowest BCUT2D eigenvalue weighted by Crippen LogP contribution is -2.13. The summed E-state index contributed by atoms with van der Waals surface area (Å²) in [5.41, 5.74) is 2.31. The van der Waals surface area contributed by atoms with Gasteiger partial charge in [0.05, 0.1) is 12.7 Å². The highest BCUT2D eigenvalue weighted by Crippen LogP contribution is 2.40. The molecule has 0 saturated heterocycles. The van der Waals surface area contributed by atoms with Crippen LogP contribution in [0.3, 0.4) is 0 Å². The van der Waals surface area contributed by atoms with Crippen LogP contribution in [0.5, 0.6) is 5.75 Å². The zero-order valence-electron chi connectivity index (χ0n) is 14.6. The maximum absolute atomic E-state index is 12.6. The molecule has 1 unspecified atom stereocenters. The Balaban J connectivity index is 1.83. The van der Waals surface area contributed by atoms with Gasteiger partial charge in [-0.05, 0) is 48.9 Å². The molecule has 1 atom stereocenters. The van der Waals surface area contributed by atoms with Crippen molar-refractivity contribution in [2.24, 2.45) is 5.92 Å². The van der Waals surface area contributed by atoms with E-state index in [-0.39, 0.29) is 5.91 Å². The number of benzene rings is 1. The molecule has 1 aromatic heterocycles. The molecule has 5 heteroatoms. The Labute approximate surface area is 152 Å². The molecule has 1 heterocycles. The topological polar surface area (TPSA) is 62.1 Å². The molecule has 0 fully saturated rings. The first kappa shape index (κ1) is 17.5. The number of nitriles is 1. The predicted octanol–water partition coefficient (Wildman–Crippen LogP) is 4.79. The summed E-state index contributed by atoms with van der Waals surface area (Å²) in [5.74, 6) is 1.13. The van der Waals surface area contributed by atoms with Crippen molar-refractivity contribution in [2.45, 2.75) is 39.0 Å². The zero-order chi connectivity index (χ0) is 17.8. The van der Waals surface area contributed by atoms with Crippen molar-refractivity contribution in [1.82, 2.24) is 0 Å². The van der Waals surface area contributed by atoms with E-state index in [1.807, 2.05) is 0 Å². The van der Waals surface area contributed by atoms with Gasteiger partial charge in [-0.2, -0.15) is 5.26 Å². The predicted molar refractivity (Wildman–Crippen MR) is 100 cm³/mol. The number of nitrogens with one attached hydrogen (secondary N) is 1. The van der Waals surface area contributed by atoms with E-state index in [1.54, 1.807) is 42.7 Å². The summed E-state index contributed by atoms with van der Waals surface area (Å²) in [5, 5.41) is 13.2. The third-order valence-electron chi connectivity index (χ3n) is 4.74. The Bertz CT molecular complexity index is 820. The summed E-state index contributed by atoms with van der Waals surface area (Å²) in [4.78, 5) is 13.8. The molecular formula is C20H22N2O2S. The second-order valence-electron chi connectivity index (χ2n) is 6.40. The third-order valence-corrected chi connectivity index (χ3v) is 5.90. The second kappa shape index (κ2) is 7.71. The molecule has 130 valence electrons. The van der Waals surface area contributed by atoms with Gasteiger partial charge < -0.3 is 10.1 Å². The molecular weight excluding hydrogens is 332 g/mol. The van der Waals surface area contributed by atoms with E-state index in [9.17, 15) is 10.1 Å². The fraction of sp³-hybridized carbons (Fsp3) is 0.400. The summed E-state index contributed by atoms with van der Waals surface area (Å²) in [6.07, 6.45) is 5.52. The monoisotopic (exact) mass is 354 g/mol. The van der Waals surface area contributed by atoms with E-state index >= 15 is 0 Å². The van der Waals surface area contributed by atoms with Gasteiger partial charge in [0.2, 0.25) is 0 Å². The highest BCUT2D eigenvalue weighted by atomic mass is 32.1. The van der Waals surface area contributed by atoms with E-state index in [1.165, 1.54) is 17.7 Å². The highest BCUT2D eigenvalue weighted by Gasteiger charge is 2.26. The molecule has 1 aromatic carbocycles. The molecule has 3 rings (SSSR count). The lowest BCUT2D eigenvalue weighted by molar-refractivity contribution is 0.102. The van der Waals surface area contributed by atoms with Crippen molar-refractivity contribution in [3.63, 3.8) is 0 Å². The average Bonchev–Trinajstić information content (AvgIpc) is 2.98. The first-order chi connectivity index (χ1) is 12.2. The van der Waals surface area contributed by atoms with Crippen LogP contribution in [0.1, 0.15) is 52.5 Å². The smallest absolute Gasteiger partial charge is 0.256 e. The van der Waals surface area contributed by atoms with Gasteiger partial charge in [0.15, 0.2) is 0 Å². The Morgan fingerprint density at radius 1 is 1.48 bits per heavy atom. The van der Waals surface area contributed by atoms with Crippen molar-refractivity contribution in [3.8, 4) is 11.8 Å². The maximum atomic E-state index is 12.6. The van der Waals surface area contributed by atoms with Gasteiger partial charge in [0.25, 0.3) is 5.91 Å². The minimum Gasteiger partial charge on any atom is -0.497 e. The SMILES string of the molecule is CCCC1CCc2c(sc(NC(=O)c3cccc(OC)c3)c2C#N)C1. The largest absolute Gasteiger partial charge is 0.497 e. The van der Waals surface area contributed by atoms with Crippen LogP contribution in [0.25, 0.3) is 0 Å². The number of hydrogen-bond donors (Lipinski definition) is 1. The van der Waals surface area contributed by atoms with Crippen LogP contribution in [0.15, 0.2) is 24.3 Å². The maximum Gasteiger partial charge on any atom is 0.256 e. The van der Waals surface area contributed by atoms with Gasteiger partial charge >= 0.3 is 0 Å². The number of thiophene rings is 1. The summed E-state index contributed by atoms with van der Waals surface area (Å²) >= 11 is 1.56. The summed E-state index contributed by atoms with van der Waals surface area (Å²) in [6.45, 7) is 2.21. The minimum atomic E-state index is -0.209. The van der Waals surface area contributed by atoms with Crippen molar-refractivity contribution >= 4 is 22.2 Å². The molecule has 2 aromatic rings. The number of ether oxygens (including phenoxy) is 1. The molecule has 0 spiro atoms. The summed E-state index contributed by atoms with van der Waals surface area (Å²) < 4.78 is 5.17. The van der Waals surface area contributed by atoms with E-state index in [4.69, 9.17) is 4.74 Å². The van der Waals surface area contributed by atoms with Crippen LogP contribution in [0.2, 0.25) is 0 Å². The zero-order valence-corrected chi connectivity index (χ0v) is 15.4. The van der Waals surface area contributed by atoms with Crippen molar-refractivity contribution in [3.05, 3.63) is 45.8 Å². The highest BCUT2D eigenvalue weighted by molar-refractivity contribution is 7.16. The van der Waals surface area contributed by atoms with Crippen LogP contribution in [-0.4, -0.2) is 13.0 Å². The van der Waals surface area contributed by atoms with Crippen molar-refractivity contribution in [2.75, 3.05) is 12.4 Å². The van der Waals surface area contributed by atoms with Gasteiger partial charge in [0, 0.05) is 10.4 Å². The molecule has 0 radical (unpaired) electrons. The van der Waals surface area contributed by atoms with Crippen molar-refractivity contribution < 1.29 is 9.53 Å². The van der Waals surface area contributed by atoms with Crippen molar-refractivity contribution in [1.29, 1.82) is 5.26 Å². The van der Waals surface area contributed by atoms with Gasteiger partial charge in [0.1, 0.15) is 16.8 Å². The molecule has 0 bridgehead atoms. The lowest BCUT2D eigenvalue weighted by Gasteiger charge is -2.21. The minimum absolute atomic E-state index is 0.209. The molecule has 1 amide bonds. The average molecular weight is 354 g/mol. The molecule has 1 N–H and O–H groups in total. The molecule has 4 nitrogen and oxygen atoms in total. The van der Waals surface area contributed by atoms with Crippen LogP contribution < -0.4 is 10.1 Å². The number of anilines is 1. The number of rotatable bonds is 5. The van der Waals surface area contributed by atoms with Gasteiger partial charge in [-0.1, -0.05) is 25.8 Å². The fourth-order valence-electron chi connectivity index (χ4n) is 3.45. The van der Waals surface area contributed by atoms with E-state index in [0.29, 0.717) is 27.8 Å². The number of amides is 1. The van der Waals surface area contributed by atoms with E-state index < -0.39 is 0 Å². The standard InChI is InChI=1S/C20H22N2O2S/c1-3-5-13-8-9-16-17(12-21)20(25-18(16)10-13)22-19(23)14-6-4-7-15(11-14)24-2/h4,6-7,11,13H,3,5,8-10H2,1-2H3,(H,22,23). The molecule has 1 aliphatic rings. The lowest BCUT2D eigenvalue weighted by atomic mass is 9.85. The Kier molecular flexibility index (Phi) is 5.40. The first-order valence-corrected chi connectivity index (χ1v) is 9.48. The van der Waals surface area contributed by atoms with Gasteiger partial charge in [-0.25, -0.2) is 0 Å². The van der Waals surface area contributed by atoms with E-state index in [0.717, 1.165) is 24.8 Å². The molecule has 25 heavy (non-hydrogen) atoms. The third kappa shape index (κ3) is 3.69.